The molecule has 0 atom stereocenters. The van der Waals surface area contributed by atoms with Crippen LogP contribution in [0.3, 0.4) is 0 Å². The smallest absolute Gasteiger partial charge is 0.338 e. The number of nitrogens with zero attached hydrogens (tertiary/aromatic N) is 5. The van der Waals surface area contributed by atoms with Gasteiger partial charge in [-0.05, 0) is 230 Å². The average Bonchev–Trinajstić information content (AvgIpc) is 1.27. The van der Waals surface area contributed by atoms with Crippen LogP contribution in [0.4, 0.5) is 45.5 Å². The molecule has 0 bridgehead atoms. The topological polar surface area (TPSA) is 241 Å². The number of fused-ring (bicyclic) bond motifs is 9. The summed E-state index contributed by atoms with van der Waals surface area (Å²) in [7, 11) is 15.0. The van der Waals surface area contributed by atoms with E-state index >= 15 is 0 Å². The van der Waals surface area contributed by atoms with Gasteiger partial charge in [-0.15, -0.1) is 0 Å². The molecule has 0 fully saturated rings. The van der Waals surface area contributed by atoms with Gasteiger partial charge in [-0.25, -0.2) is 24.0 Å². The first-order valence-electron chi connectivity index (χ1n) is 40.0. The maximum Gasteiger partial charge on any atom is 0.338 e. The standard InChI is InChI=1S/C21H21NO4.C20H19NO4.C20H19NO3.C19H17NO3.C18H17NO4.2CH4/c1-24-16-6-5-14-4-3-9-22(13-15(14)10-16)19-12-21(23)26-20-11-17(25-2)7-8-18(19)20;1-23-14-6-8-17-13(10-14)4-3-9-21(17)18-12-20(22)25-19-11-15(24-2)5-7-16(18)19;1-23-16-9-8-14-5-4-10-21(13-15(14)11-16)18-12-20(22)24-19-7-3-2-6-17(18)19;1-22-14-8-9-16-13(11-14)5-4-10-20(16)17-12-19(21)23-18-7-3-2-6-15(17)18;1-19(12-4-6-13(21-2)7-5-12)16-11-18(20)23-17-10-14(22-3)8-9-15(16)17;;/h5-8,10-12H,3-4,9,13H2,1-2H3;5-8,10-12H,3-4,9H2,1-2H3;2-3,6-9,11-12H,4-5,10,13H2,1H3;2-3,6-9,11-12H,4-5,10H2,1H3;4-11H,1-3H3;2*1H4. The maximum absolute atomic E-state index is 12.1. The second-order valence-corrected chi connectivity index (χ2v) is 29.4. The Labute approximate surface area is 712 Å². The number of rotatable bonds is 14. The molecule has 4 aliphatic heterocycles. The Balaban J connectivity index is 0.000000132. The Morgan fingerprint density at radius 2 is 0.569 bits per heavy atom. The van der Waals surface area contributed by atoms with E-state index in [1.54, 1.807) is 99.3 Å². The van der Waals surface area contributed by atoms with Crippen LogP contribution < -0.4 is 90.5 Å². The van der Waals surface area contributed by atoms with Gasteiger partial charge >= 0.3 is 28.1 Å². The molecule has 10 aromatic carbocycles. The van der Waals surface area contributed by atoms with Gasteiger partial charge in [0.05, 0.1) is 85.3 Å². The van der Waals surface area contributed by atoms with Crippen molar-refractivity contribution >= 4 is 100 Å². The summed E-state index contributed by atoms with van der Waals surface area (Å²) in [4.78, 5) is 70.9. The lowest BCUT2D eigenvalue weighted by Crippen LogP contribution is -2.25. The SMILES string of the molecule is C.C.COc1ccc(N(C)c2cc(=O)oc3cc(OC)ccc23)cc1.COc1ccc2c(c1)CCCN2c1cc(=O)oc2cc(OC)ccc12.COc1ccc2c(c1)CCCN2c1cc(=O)oc2ccccc12.COc1ccc2c(c1)CN(c1cc(=O)oc3cc(OC)ccc13)CCC2.COc1ccc2c(c1)CN(c1cc(=O)oc3ccccc13)CCC2. The summed E-state index contributed by atoms with van der Waals surface area (Å²) in [6.45, 7) is 5.01. The summed E-state index contributed by atoms with van der Waals surface area (Å²) in [6.07, 6.45) is 8.19. The fourth-order valence-corrected chi connectivity index (χ4v) is 16.2. The first kappa shape index (κ1) is 86.5. The highest BCUT2D eigenvalue weighted by Gasteiger charge is 2.27. The largest absolute Gasteiger partial charge is 0.497 e. The predicted molar refractivity (Wildman–Crippen MR) is 488 cm³/mol. The van der Waals surface area contributed by atoms with E-state index in [1.165, 1.54) is 39.4 Å². The first-order valence-corrected chi connectivity index (χ1v) is 40.0. The number of hydrogen-bond acceptors (Lipinski definition) is 23. The van der Waals surface area contributed by atoms with Crippen LogP contribution in [0.1, 0.15) is 73.9 Å². The summed E-state index contributed by atoms with van der Waals surface area (Å²) >= 11 is 0. The molecule has 15 aromatic rings. The molecule has 0 N–H and O–H groups in total. The normalized spacial score (nSPS) is 13.1. The van der Waals surface area contributed by atoms with Crippen molar-refractivity contribution in [3.05, 3.63) is 316 Å². The molecule has 0 aliphatic carbocycles. The highest BCUT2D eigenvalue weighted by molar-refractivity contribution is 5.97. The van der Waals surface area contributed by atoms with Crippen LogP contribution in [0.15, 0.2) is 277 Å². The zero-order chi connectivity index (χ0) is 84.2. The highest BCUT2D eigenvalue weighted by Crippen LogP contribution is 2.43. The Bertz CT molecular complexity index is 6590. The molecule has 4 aliphatic rings. The summed E-state index contributed by atoms with van der Waals surface area (Å²) in [5.74, 6) is 6.20. The minimum absolute atomic E-state index is 0. The molecule has 0 spiro atoms. The molecule has 23 nitrogen and oxygen atoms in total. The van der Waals surface area contributed by atoms with Crippen molar-refractivity contribution in [3.8, 4) is 46.0 Å². The van der Waals surface area contributed by atoms with E-state index in [9.17, 15) is 24.0 Å². The molecule has 0 amide bonds. The van der Waals surface area contributed by atoms with Crippen molar-refractivity contribution < 1.29 is 60.0 Å². The number of anilines is 8. The second-order valence-electron chi connectivity index (χ2n) is 29.4. The van der Waals surface area contributed by atoms with Crippen LogP contribution in [-0.2, 0) is 38.8 Å². The lowest BCUT2D eigenvalue weighted by atomic mass is 10.00. The molecular formula is C100H101N5O18. The third-order valence-corrected chi connectivity index (χ3v) is 22.2. The monoisotopic (exact) mass is 1660 g/mol. The third kappa shape index (κ3) is 19.4. The van der Waals surface area contributed by atoms with Gasteiger partial charge in [-0.3, -0.25) is 0 Å². The Morgan fingerprint density at radius 1 is 0.268 bits per heavy atom. The van der Waals surface area contributed by atoms with Crippen molar-refractivity contribution in [1.29, 1.82) is 0 Å². The van der Waals surface area contributed by atoms with E-state index < -0.39 is 5.63 Å². The maximum atomic E-state index is 12.1. The number of methoxy groups -OCH3 is 8. The van der Waals surface area contributed by atoms with Crippen molar-refractivity contribution in [2.45, 2.75) is 79.3 Å². The lowest BCUT2D eigenvalue weighted by molar-refractivity contribution is 0.414. The van der Waals surface area contributed by atoms with E-state index in [1.807, 2.05) is 145 Å². The fraction of sp³-hybridized carbons (Fsp3) is 0.250. The first-order chi connectivity index (χ1) is 59.0. The van der Waals surface area contributed by atoms with Crippen LogP contribution >= 0.6 is 0 Å². The lowest BCUT2D eigenvalue weighted by Gasteiger charge is -2.32. The highest BCUT2D eigenvalue weighted by atomic mass is 16.5. The van der Waals surface area contributed by atoms with Gasteiger partial charge in [0.2, 0.25) is 0 Å². The molecule has 23 heteroatoms. The second kappa shape index (κ2) is 39.2. The average molecular weight is 1660 g/mol. The number of para-hydroxylation sites is 2. The molecule has 0 unspecified atom stereocenters. The van der Waals surface area contributed by atoms with Gasteiger partial charge in [0, 0.05) is 139 Å². The van der Waals surface area contributed by atoms with Crippen LogP contribution in [0.2, 0.25) is 0 Å². The van der Waals surface area contributed by atoms with Crippen LogP contribution in [-0.4, -0.2) is 90.1 Å². The number of benzene rings is 10. The Kier molecular flexibility index (Phi) is 27.6. The van der Waals surface area contributed by atoms with Crippen LogP contribution in [0, 0.1) is 0 Å². The van der Waals surface area contributed by atoms with Crippen molar-refractivity contribution in [3.63, 3.8) is 0 Å². The summed E-state index contributed by atoms with van der Waals surface area (Å²) in [6, 6.07) is 72.1. The molecule has 0 radical (unpaired) electrons. The zero-order valence-electron chi connectivity index (χ0n) is 68.9. The minimum Gasteiger partial charge on any atom is -0.497 e. The van der Waals surface area contributed by atoms with Gasteiger partial charge < -0.3 is 84.5 Å². The van der Waals surface area contributed by atoms with Crippen molar-refractivity contribution in [2.75, 3.05) is 115 Å². The third-order valence-electron chi connectivity index (χ3n) is 22.2. The number of aryl methyl sites for hydroxylation is 4. The number of hydrogen-bond donors (Lipinski definition) is 0. The molecule has 0 saturated carbocycles. The molecule has 9 heterocycles. The van der Waals surface area contributed by atoms with Gasteiger partial charge in [0.1, 0.15) is 73.9 Å². The van der Waals surface area contributed by atoms with Gasteiger partial charge in [-0.2, -0.15) is 0 Å². The van der Waals surface area contributed by atoms with Gasteiger partial charge in [-0.1, -0.05) is 51.3 Å². The molecule has 19 rings (SSSR count). The summed E-state index contributed by atoms with van der Waals surface area (Å²) in [5, 5.41) is 4.57. The number of ether oxygens (including phenoxy) is 8. The molecule has 0 saturated heterocycles. The van der Waals surface area contributed by atoms with E-state index in [2.05, 4.69) is 68.1 Å². The van der Waals surface area contributed by atoms with Gasteiger partial charge in [0.25, 0.3) is 0 Å². The van der Waals surface area contributed by atoms with E-state index in [0.717, 1.165) is 192 Å². The minimum atomic E-state index is -0.402. The Hall–Kier alpha value is -14.4. The van der Waals surface area contributed by atoms with Gasteiger partial charge in [0.15, 0.2) is 0 Å². The van der Waals surface area contributed by atoms with E-state index in [0.29, 0.717) is 45.2 Å². The quantitative estimate of drug-likeness (QED) is 0.0919. The van der Waals surface area contributed by atoms with Crippen LogP contribution in [0.5, 0.6) is 46.0 Å². The van der Waals surface area contributed by atoms with E-state index in [4.69, 9.17) is 60.0 Å². The van der Waals surface area contributed by atoms with Crippen LogP contribution in [0.25, 0.3) is 54.8 Å². The molecule has 5 aromatic heterocycles. The van der Waals surface area contributed by atoms with Crippen molar-refractivity contribution in [1.82, 2.24) is 0 Å². The zero-order valence-corrected chi connectivity index (χ0v) is 68.9. The Morgan fingerprint density at radius 3 is 0.992 bits per heavy atom. The molecule has 634 valence electrons. The molecule has 123 heavy (non-hydrogen) atoms. The summed E-state index contributed by atoms with van der Waals surface area (Å²) in [5.41, 5.74) is 16.3. The predicted octanol–water partition coefficient (Wildman–Crippen LogP) is 20.1. The molecular weight excluding hydrogens is 1560 g/mol. The summed E-state index contributed by atoms with van der Waals surface area (Å²) < 4.78 is 69.0. The fourth-order valence-electron chi connectivity index (χ4n) is 16.2. The van der Waals surface area contributed by atoms with E-state index in [-0.39, 0.29) is 37.4 Å². The van der Waals surface area contributed by atoms with Crippen molar-refractivity contribution in [2.24, 2.45) is 0 Å².